The highest BCUT2D eigenvalue weighted by Gasteiger charge is 2.22. The Balaban J connectivity index is 1.96. The number of hydrogen-bond acceptors (Lipinski definition) is 4. The Hall–Kier alpha value is 0.0900. The molecule has 0 bridgehead atoms. The Kier molecular flexibility index (Phi) is 3.49. The molecule has 0 aliphatic carbocycles. The van der Waals surface area contributed by atoms with Crippen LogP contribution in [-0.4, -0.2) is 37.9 Å². The summed E-state index contributed by atoms with van der Waals surface area (Å²) in [4.78, 5) is 3.46. The first-order valence-electron chi connectivity index (χ1n) is 4.71. The van der Waals surface area contributed by atoms with Crippen molar-refractivity contribution in [3.8, 4) is 0 Å². The molecule has 1 aliphatic heterocycles. The fourth-order valence-electron chi connectivity index (χ4n) is 1.55. The minimum absolute atomic E-state index is 0.302. The molecule has 1 aromatic heterocycles. The highest BCUT2D eigenvalue weighted by atomic mass is 79.9. The van der Waals surface area contributed by atoms with Crippen LogP contribution in [0.15, 0.2) is 15.9 Å². The summed E-state index contributed by atoms with van der Waals surface area (Å²) in [6.45, 7) is 2.17. The first kappa shape index (κ1) is 11.6. The maximum Gasteiger partial charge on any atom is 0.152 e. The Bertz CT molecular complexity index is 427. The summed E-state index contributed by atoms with van der Waals surface area (Å²) in [5, 5.41) is 2.04. The fraction of sp³-hybridized carbons (Fsp3) is 0.556. The molecule has 3 nitrogen and oxygen atoms in total. The van der Waals surface area contributed by atoms with Gasteiger partial charge in [0.05, 0.1) is 11.5 Å². The molecule has 1 saturated heterocycles. The molecular formula is C9H12BrNO2S2. The molecule has 0 spiro atoms. The van der Waals surface area contributed by atoms with Crippen LogP contribution < -0.4 is 0 Å². The third-order valence-corrected chi connectivity index (χ3v) is 6.02. The van der Waals surface area contributed by atoms with Gasteiger partial charge in [-0.05, 0) is 27.4 Å². The van der Waals surface area contributed by atoms with Gasteiger partial charge in [-0.3, -0.25) is 4.90 Å². The molecule has 0 saturated carbocycles. The van der Waals surface area contributed by atoms with Crippen molar-refractivity contribution in [3.63, 3.8) is 0 Å². The fourth-order valence-corrected chi connectivity index (χ4v) is 4.35. The SMILES string of the molecule is O=S1(=O)CCN(Cc2sccc2Br)CC1. The Morgan fingerprint density at radius 1 is 1.40 bits per heavy atom. The van der Waals surface area contributed by atoms with Crippen LogP contribution in [0.3, 0.4) is 0 Å². The van der Waals surface area contributed by atoms with Gasteiger partial charge in [-0.1, -0.05) is 0 Å². The first-order chi connectivity index (χ1) is 7.07. The molecule has 15 heavy (non-hydrogen) atoms. The summed E-state index contributed by atoms with van der Waals surface area (Å²) in [7, 11) is -2.75. The molecule has 0 aromatic carbocycles. The minimum atomic E-state index is -2.75. The molecule has 1 aliphatic rings. The van der Waals surface area contributed by atoms with Crippen LogP contribution in [-0.2, 0) is 16.4 Å². The van der Waals surface area contributed by atoms with Crippen LogP contribution in [0.1, 0.15) is 4.88 Å². The lowest BCUT2D eigenvalue weighted by Gasteiger charge is -2.25. The van der Waals surface area contributed by atoms with E-state index in [4.69, 9.17) is 0 Å². The summed E-state index contributed by atoms with van der Waals surface area (Å²) in [6.07, 6.45) is 0. The Morgan fingerprint density at radius 2 is 2.07 bits per heavy atom. The summed E-state index contributed by atoms with van der Waals surface area (Å²) in [5.74, 6) is 0.603. The first-order valence-corrected chi connectivity index (χ1v) is 8.21. The normalized spacial score (nSPS) is 21.7. The number of thiophene rings is 1. The van der Waals surface area contributed by atoms with Crippen LogP contribution in [0.25, 0.3) is 0 Å². The molecule has 1 fully saturated rings. The van der Waals surface area contributed by atoms with E-state index in [9.17, 15) is 8.42 Å². The smallest absolute Gasteiger partial charge is 0.152 e. The zero-order valence-corrected chi connectivity index (χ0v) is 11.4. The second kappa shape index (κ2) is 4.53. The van der Waals surface area contributed by atoms with E-state index in [1.165, 1.54) is 4.88 Å². The number of halogens is 1. The maximum absolute atomic E-state index is 11.2. The number of rotatable bonds is 2. The van der Waals surface area contributed by atoms with Gasteiger partial charge in [0, 0.05) is 29.0 Å². The van der Waals surface area contributed by atoms with Gasteiger partial charge in [0.15, 0.2) is 9.84 Å². The quantitative estimate of drug-likeness (QED) is 0.835. The van der Waals surface area contributed by atoms with Crippen LogP contribution in [0, 0.1) is 0 Å². The third-order valence-electron chi connectivity index (χ3n) is 2.50. The second-order valence-electron chi connectivity index (χ2n) is 3.62. The predicted octanol–water partition coefficient (Wildman–Crippen LogP) is 1.74. The average Bonchev–Trinajstić information content (AvgIpc) is 2.56. The second-order valence-corrected chi connectivity index (χ2v) is 7.78. The van der Waals surface area contributed by atoms with Crippen molar-refractivity contribution in [3.05, 3.63) is 20.8 Å². The molecule has 0 amide bonds. The van der Waals surface area contributed by atoms with E-state index in [0.717, 1.165) is 11.0 Å². The van der Waals surface area contributed by atoms with Crippen molar-refractivity contribution in [1.82, 2.24) is 4.90 Å². The summed E-state index contributed by atoms with van der Waals surface area (Å²) < 4.78 is 23.6. The van der Waals surface area contributed by atoms with E-state index in [0.29, 0.717) is 24.6 Å². The average molecular weight is 310 g/mol. The molecular weight excluding hydrogens is 298 g/mol. The van der Waals surface area contributed by atoms with Crippen LogP contribution in [0.4, 0.5) is 0 Å². The minimum Gasteiger partial charge on any atom is -0.296 e. The van der Waals surface area contributed by atoms with Crippen LogP contribution in [0.2, 0.25) is 0 Å². The van der Waals surface area contributed by atoms with Gasteiger partial charge in [-0.15, -0.1) is 11.3 Å². The van der Waals surface area contributed by atoms with Crippen molar-refractivity contribution in [2.24, 2.45) is 0 Å². The molecule has 0 atom stereocenters. The highest BCUT2D eigenvalue weighted by molar-refractivity contribution is 9.10. The molecule has 1 aromatic rings. The highest BCUT2D eigenvalue weighted by Crippen LogP contribution is 2.24. The van der Waals surface area contributed by atoms with E-state index in [1.807, 2.05) is 11.4 Å². The van der Waals surface area contributed by atoms with Gasteiger partial charge in [0.1, 0.15) is 0 Å². The van der Waals surface area contributed by atoms with Gasteiger partial charge in [-0.2, -0.15) is 0 Å². The van der Waals surface area contributed by atoms with E-state index >= 15 is 0 Å². The lowest BCUT2D eigenvalue weighted by Crippen LogP contribution is -2.39. The van der Waals surface area contributed by atoms with Gasteiger partial charge < -0.3 is 0 Å². The summed E-state index contributed by atoms with van der Waals surface area (Å²) in [6, 6.07) is 2.03. The lowest BCUT2D eigenvalue weighted by molar-refractivity contribution is 0.290. The zero-order valence-electron chi connectivity index (χ0n) is 8.15. The number of hydrogen-bond donors (Lipinski definition) is 0. The summed E-state index contributed by atoms with van der Waals surface area (Å²) >= 11 is 5.19. The van der Waals surface area contributed by atoms with E-state index in [-0.39, 0.29) is 0 Å². The molecule has 2 rings (SSSR count). The monoisotopic (exact) mass is 309 g/mol. The molecule has 6 heteroatoms. The van der Waals surface area contributed by atoms with Gasteiger partial charge in [0.25, 0.3) is 0 Å². The molecule has 2 heterocycles. The Morgan fingerprint density at radius 3 is 2.60 bits per heavy atom. The van der Waals surface area contributed by atoms with Gasteiger partial charge in [0.2, 0.25) is 0 Å². The van der Waals surface area contributed by atoms with Gasteiger partial charge >= 0.3 is 0 Å². The largest absolute Gasteiger partial charge is 0.296 e. The molecule has 0 unspecified atom stereocenters. The Labute approximate surface area is 102 Å². The predicted molar refractivity (Wildman–Crippen MR) is 65.9 cm³/mol. The van der Waals surface area contributed by atoms with Crippen molar-refractivity contribution in [2.45, 2.75) is 6.54 Å². The standard InChI is InChI=1S/C9H12BrNO2S2/c10-8-1-4-14-9(8)7-11-2-5-15(12,13)6-3-11/h1,4H,2-3,5-7H2. The number of sulfone groups is 1. The van der Waals surface area contributed by atoms with Crippen molar-refractivity contribution >= 4 is 37.1 Å². The third kappa shape index (κ3) is 3.03. The lowest BCUT2D eigenvalue weighted by atomic mass is 10.4. The van der Waals surface area contributed by atoms with Crippen molar-refractivity contribution in [2.75, 3.05) is 24.6 Å². The van der Waals surface area contributed by atoms with Gasteiger partial charge in [-0.25, -0.2) is 8.42 Å². The van der Waals surface area contributed by atoms with Crippen molar-refractivity contribution in [1.29, 1.82) is 0 Å². The zero-order chi connectivity index (χ0) is 10.9. The molecule has 84 valence electrons. The maximum atomic E-state index is 11.2. The summed E-state index contributed by atoms with van der Waals surface area (Å²) in [5.41, 5.74) is 0. The topological polar surface area (TPSA) is 37.4 Å². The van der Waals surface area contributed by atoms with E-state index < -0.39 is 9.84 Å². The van der Waals surface area contributed by atoms with E-state index in [1.54, 1.807) is 11.3 Å². The van der Waals surface area contributed by atoms with Crippen molar-refractivity contribution < 1.29 is 8.42 Å². The van der Waals surface area contributed by atoms with Crippen LogP contribution >= 0.6 is 27.3 Å². The number of nitrogens with zero attached hydrogens (tertiary/aromatic N) is 1. The molecule has 0 N–H and O–H groups in total. The van der Waals surface area contributed by atoms with Crippen LogP contribution in [0.5, 0.6) is 0 Å². The molecule has 0 radical (unpaired) electrons. The van der Waals surface area contributed by atoms with E-state index in [2.05, 4.69) is 20.8 Å².